The molecule has 0 heterocycles. The van der Waals surface area contributed by atoms with Crippen LogP contribution < -0.4 is 0 Å². The van der Waals surface area contributed by atoms with Gasteiger partial charge < -0.3 is 0 Å². The molecule has 1 aromatic carbocycles. The third-order valence-electron chi connectivity index (χ3n) is 5.93. The van der Waals surface area contributed by atoms with Crippen molar-refractivity contribution >= 4 is 38.3 Å². The van der Waals surface area contributed by atoms with Crippen molar-refractivity contribution in [2.24, 2.45) is 5.92 Å². The van der Waals surface area contributed by atoms with Gasteiger partial charge in [0.2, 0.25) is 0 Å². The first-order chi connectivity index (χ1) is 12.4. The zero-order valence-electron chi connectivity index (χ0n) is 18.6. The summed E-state index contributed by atoms with van der Waals surface area (Å²) in [5.74, 6) is 0.683. The molecule has 0 spiro atoms. The average molecular weight is 519 g/mol. The number of fused-ring (bicyclic) bond motifs is 1. The van der Waals surface area contributed by atoms with Crippen molar-refractivity contribution in [2.45, 2.75) is 68.1 Å². The van der Waals surface area contributed by atoms with Gasteiger partial charge in [0.1, 0.15) is 0 Å². The Hall–Kier alpha value is 0.120. The van der Waals surface area contributed by atoms with Crippen molar-refractivity contribution in [3.05, 3.63) is 62.5 Å². The molecule has 2 aliphatic carbocycles. The Morgan fingerprint density at radius 3 is 2.21 bits per heavy atom. The molecule has 2 aliphatic rings. The molecule has 0 amide bonds. The second-order valence-electron chi connectivity index (χ2n) is 8.63. The van der Waals surface area contributed by atoms with Gasteiger partial charge in [-0.2, -0.15) is 0 Å². The summed E-state index contributed by atoms with van der Waals surface area (Å²) < 4.78 is 5.29. The summed E-state index contributed by atoms with van der Waals surface area (Å²) in [5, 5.41) is 0. The molecule has 1 aromatic rings. The molecule has 0 nitrogen and oxygen atoms in total. The van der Waals surface area contributed by atoms with Crippen LogP contribution in [0.2, 0.25) is 4.63 Å². The second-order valence-corrected chi connectivity index (χ2v) is 32.5. The molecule has 0 saturated carbocycles. The third-order valence-corrected chi connectivity index (χ3v) is 23.4. The maximum atomic E-state index is 2.67. The average Bonchev–Trinajstić information content (AvgIpc) is 3.28. The van der Waals surface area contributed by atoms with Crippen molar-refractivity contribution in [3.63, 3.8) is 0 Å². The fourth-order valence-corrected chi connectivity index (χ4v) is 16.8. The van der Waals surface area contributed by atoms with Crippen LogP contribution in [0.1, 0.15) is 74.6 Å². The van der Waals surface area contributed by atoms with Crippen LogP contribution in [0.3, 0.4) is 0 Å². The smallest absolute Gasteiger partial charge is 0.0536 e. The van der Waals surface area contributed by atoms with E-state index >= 15 is 0 Å². The number of allylic oxidation sites excluding steroid dienone is 5. The first-order valence-corrected chi connectivity index (χ1v) is 24.1. The van der Waals surface area contributed by atoms with Gasteiger partial charge in [-0.15, -0.1) is 24.8 Å². The Bertz CT molecular complexity index is 686. The first kappa shape index (κ1) is 28.1. The van der Waals surface area contributed by atoms with Gasteiger partial charge in [0.15, 0.2) is 0 Å². The van der Waals surface area contributed by atoms with Gasteiger partial charge in [-0.25, -0.2) is 0 Å². The van der Waals surface area contributed by atoms with E-state index in [1.807, 2.05) is 3.28 Å². The largest absolute Gasteiger partial charge is 0.147 e. The zero-order valence-corrected chi connectivity index (χ0v) is 24.7. The maximum Gasteiger partial charge on any atom is -0.0536 e. The second kappa shape index (κ2) is 13.4. The summed E-state index contributed by atoms with van der Waals surface area (Å²) in [6.45, 7) is 9.09. The van der Waals surface area contributed by atoms with Gasteiger partial charge in [0.05, 0.1) is 0 Å². The van der Waals surface area contributed by atoms with E-state index in [-0.39, 0.29) is 24.8 Å². The van der Waals surface area contributed by atoms with Crippen LogP contribution in [-0.4, -0.2) is 7.37 Å². The summed E-state index contributed by atoms with van der Waals surface area (Å²) in [6.07, 6.45) is 16.7. The third kappa shape index (κ3) is 7.12. The summed E-state index contributed by atoms with van der Waals surface area (Å²) >= 11 is -2.16. The number of hydrogen-bond donors (Lipinski definition) is 0. The topological polar surface area (TPSA) is 0 Å². The molecule has 0 bridgehead atoms. The molecule has 28 heavy (non-hydrogen) atoms. The fourth-order valence-electron chi connectivity index (χ4n) is 3.98. The normalized spacial score (nSPS) is 18.9. The van der Waals surface area contributed by atoms with Crippen molar-refractivity contribution in [2.75, 3.05) is 0 Å². The molecule has 3 rings (SSSR count). The molecular formula is C24H40Cl2SiZr. The monoisotopic (exact) mass is 516 g/mol. The molecule has 0 fully saturated rings. The predicted octanol–water partition coefficient (Wildman–Crippen LogP) is 7.54. The van der Waals surface area contributed by atoms with Gasteiger partial charge >= 0.3 is 130 Å². The maximum absolute atomic E-state index is 2.67. The molecule has 0 radical (unpaired) electrons. The molecule has 158 valence electrons. The Labute approximate surface area is 193 Å². The summed E-state index contributed by atoms with van der Waals surface area (Å²) in [7, 11) is 1.40. The van der Waals surface area contributed by atoms with Crippen LogP contribution >= 0.6 is 24.8 Å². The van der Waals surface area contributed by atoms with Crippen molar-refractivity contribution < 1.29 is 19.4 Å². The quantitative estimate of drug-likeness (QED) is 0.270. The van der Waals surface area contributed by atoms with Crippen LogP contribution in [-0.2, 0) is 19.4 Å². The van der Waals surface area contributed by atoms with E-state index in [1.165, 1.54) is 45.0 Å². The molecule has 0 aliphatic heterocycles. The minimum atomic E-state index is -2.16. The van der Waals surface area contributed by atoms with Gasteiger partial charge in [0, 0.05) is 0 Å². The number of halogens is 2. The standard InChI is InChI=1S/C9H7.C8H11.C6H14.CH3.2ClH.H3Si.Zr/c1-2-5-9-7-3-6-8(9)4-1;1-7(2)8-5-3-4-6-8;1-3-5-6-4-2;;;;;/h1-7H;5-7H,3H2,1-2H3;3-6H2,1-2H3;1H3;2*1H;1H3;. The molecule has 2 unspecified atom stereocenters. The molecule has 0 aromatic heterocycles. The van der Waals surface area contributed by atoms with Crippen LogP contribution in [0, 0.1) is 5.92 Å². The number of hydrogen-bond acceptors (Lipinski definition) is 0. The Balaban J connectivity index is 0.000000804. The van der Waals surface area contributed by atoms with Crippen LogP contribution in [0.5, 0.6) is 0 Å². The first-order valence-electron chi connectivity index (χ1n) is 10.6. The summed E-state index contributed by atoms with van der Waals surface area (Å²) in [6, 6.07) is 9.01. The number of benzene rings is 1. The van der Waals surface area contributed by atoms with Crippen molar-refractivity contribution in [1.29, 1.82) is 0 Å². The summed E-state index contributed by atoms with van der Waals surface area (Å²) in [4.78, 5) is 0. The van der Waals surface area contributed by atoms with Crippen LogP contribution in [0.15, 0.2) is 51.3 Å². The minimum absolute atomic E-state index is 0. The zero-order chi connectivity index (χ0) is 19.2. The van der Waals surface area contributed by atoms with Crippen LogP contribution in [0.4, 0.5) is 0 Å². The van der Waals surface area contributed by atoms with Gasteiger partial charge in [0.25, 0.3) is 0 Å². The Kier molecular flexibility index (Phi) is 13.5. The number of rotatable bonds is 6. The molecule has 2 atom stereocenters. The fraction of sp³-hybridized carbons (Fsp3) is 0.500. The van der Waals surface area contributed by atoms with Gasteiger partial charge in [-0.1, -0.05) is 39.5 Å². The predicted molar refractivity (Wildman–Crippen MR) is 134 cm³/mol. The molecule has 4 heteroatoms. The van der Waals surface area contributed by atoms with Gasteiger partial charge in [-0.05, 0) is 0 Å². The number of unbranched alkanes of at least 4 members (excludes halogenated alkanes) is 3. The van der Waals surface area contributed by atoms with E-state index in [4.69, 9.17) is 0 Å². The molecular weight excluding hydrogens is 478 g/mol. The molecule has 0 N–H and O–H groups in total. The van der Waals surface area contributed by atoms with Crippen LogP contribution in [0.25, 0.3) is 6.08 Å². The van der Waals surface area contributed by atoms with E-state index in [9.17, 15) is 0 Å². The van der Waals surface area contributed by atoms with E-state index in [1.54, 1.807) is 11.1 Å². The summed E-state index contributed by atoms with van der Waals surface area (Å²) in [5.41, 5.74) is 4.65. The van der Waals surface area contributed by atoms with E-state index in [0.29, 0.717) is 5.92 Å². The minimum Gasteiger partial charge on any atom is -0.147 e. The molecule has 0 saturated heterocycles. The Morgan fingerprint density at radius 1 is 1.07 bits per heavy atom. The van der Waals surface area contributed by atoms with E-state index in [2.05, 4.69) is 80.9 Å². The SMILES string of the molecule is CC(C)C1=CC[C]([Zr]([CH3])([SiH3])[CH]2C=Cc3ccccc32)=C1.CCCCCC.Cl.Cl. The van der Waals surface area contributed by atoms with Crippen molar-refractivity contribution in [1.82, 2.24) is 0 Å². The van der Waals surface area contributed by atoms with E-state index < -0.39 is 19.4 Å². The van der Waals surface area contributed by atoms with Crippen molar-refractivity contribution in [3.8, 4) is 0 Å². The Morgan fingerprint density at radius 2 is 1.68 bits per heavy atom. The van der Waals surface area contributed by atoms with Gasteiger partial charge in [-0.3, -0.25) is 0 Å². The van der Waals surface area contributed by atoms with E-state index in [0.717, 1.165) is 3.63 Å².